The fourth-order valence-corrected chi connectivity index (χ4v) is 2.66. The molecule has 1 aromatic rings. The van der Waals surface area contributed by atoms with E-state index in [0.29, 0.717) is 0 Å². The number of aliphatic carboxylic acids is 1. The van der Waals surface area contributed by atoms with Crippen LogP contribution in [-0.2, 0) is 11.2 Å². The number of benzene rings is 1. The van der Waals surface area contributed by atoms with Gasteiger partial charge in [0.2, 0.25) is 0 Å². The highest BCUT2D eigenvalue weighted by Crippen LogP contribution is 2.26. The van der Waals surface area contributed by atoms with Crippen molar-refractivity contribution in [3.63, 3.8) is 0 Å². The molecule has 0 bridgehead atoms. The lowest BCUT2D eigenvalue weighted by molar-refractivity contribution is -0.131. The van der Waals surface area contributed by atoms with Gasteiger partial charge in [0.1, 0.15) is 0 Å². The number of hydrogen-bond acceptors (Lipinski definition) is 1. The minimum atomic E-state index is -0.902. The summed E-state index contributed by atoms with van der Waals surface area (Å²) in [5.41, 5.74) is 2.32. The molecular weight excluding hydrogens is 224 g/mol. The molecule has 2 nitrogen and oxygen atoms in total. The molecule has 1 aliphatic rings. The molecule has 0 amide bonds. The Morgan fingerprint density at radius 1 is 1.17 bits per heavy atom. The van der Waals surface area contributed by atoms with Gasteiger partial charge in [0.15, 0.2) is 0 Å². The summed E-state index contributed by atoms with van der Waals surface area (Å²) in [6, 6.07) is 8.24. The summed E-state index contributed by atoms with van der Waals surface area (Å²) >= 11 is 0. The maximum Gasteiger partial charge on any atom is 0.328 e. The molecule has 1 fully saturated rings. The average molecular weight is 244 g/mol. The van der Waals surface area contributed by atoms with E-state index in [1.807, 2.05) is 12.1 Å². The van der Waals surface area contributed by atoms with Crippen molar-refractivity contribution in [3.8, 4) is 0 Å². The van der Waals surface area contributed by atoms with E-state index in [9.17, 15) is 4.79 Å². The van der Waals surface area contributed by atoms with Gasteiger partial charge in [-0.25, -0.2) is 4.79 Å². The smallest absolute Gasteiger partial charge is 0.328 e. The first kappa shape index (κ1) is 12.9. The van der Waals surface area contributed by atoms with Crippen molar-refractivity contribution in [3.05, 3.63) is 41.5 Å². The molecule has 0 aromatic heterocycles. The molecule has 2 rings (SSSR count). The van der Waals surface area contributed by atoms with Gasteiger partial charge in [0, 0.05) is 6.08 Å². The van der Waals surface area contributed by atoms with Gasteiger partial charge in [-0.15, -0.1) is 0 Å². The van der Waals surface area contributed by atoms with Gasteiger partial charge < -0.3 is 5.11 Å². The van der Waals surface area contributed by atoms with Gasteiger partial charge in [-0.3, -0.25) is 0 Å². The molecule has 0 spiro atoms. The van der Waals surface area contributed by atoms with Crippen LogP contribution in [0.25, 0.3) is 6.08 Å². The quantitative estimate of drug-likeness (QED) is 0.815. The average Bonchev–Trinajstić information content (AvgIpc) is 2.39. The Bertz CT molecular complexity index is 411. The molecule has 0 aliphatic heterocycles. The number of carbonyl (C=O) groups is 1. The largest absolute Gasteiger partial charge is 0.478 e. The molecule has 0 atom stereocenters. The topological polar surface area (TPSA) is 37.3 Å². The molecule has 2 heteroatoms. The molecule has 1 aromatic carbocycles. The van der Waals surface area contributed by atoms with Crippen molar-refractivity contribution in [2.45, 2.75) is 38.5 Å². The molecule has 0 unspecified atom stereocenters. The lowest BCUT2D eigenvalue weighted by Crippen LogP contribution is -2.09. The van der Waals surface area contributed by atoms with E-state index >= 15 is 0 Å². The maximum atomic E-state index is 10.4. The first-order valence-electron chi connectivity index (χ1n) is 6.74. The minimum Gasteiger partial charge on any atom is -0.478 e. The zero-order valence-corrected chi connectivity index (χ0v) is 10.6. The number of hydrogen-bond donors (Lipinski definition) is 1. The summed E-state index contributed by atoms with van der Waals surface area (Å²) in [5.74, 6) is -0.0551. The van der Waals surface area contributed by atoms with E-state index in [1.165, 1.54) is 50.2 Å². The summed E-state index contributed by atoms with van der Waals surface area (Å²) in [7, 11) is 0. The van der Waals surface area contributed by atoms with Gasteiger partial charge in [-0.2, -0.15) is 0 Å². The van der Waals surface area contributed by atoms with Crippen molar-refractivity contribution < 1.29 is 9.90 Å². The van der Waals surface area contributed by atoms with Crippen LogP contribution in [0.3, 0.4) is 0 Å². The third-order valence-corrected chi connectivity index (χ3v) is 3.65. The van der Waals surface area contributed by atoms with Gasteiger partial charge in [0.25, 0.3) is 0 Å². The van der Waals surface area contributed by atoms with Crippen molar-refractivity contribution >= 4 is 12.0 Å². The Hall–Kier alpha value is -1.57. The van der Waals surface area contributed by atoms with Crippen LogP contribution in [0.15, 0.2) is 30.3 Å². The highest BCUT2D eigenvalue weighted by molar-refractivity contribution is 5.85. The van der Waals surface area contributed by atoms with Gasteiger partial charge in [0.05, 0.1) is 0 Å². The van der Waals surface area contributed by atoms with Crippen molar-refractivity contribution in [2.75, 3.05) is 0 Å². The molecular formula is C16H20O2. The summed E-state index contributed by atoms with van der Waals surface area (Å²) in [4.78, 5) is 10.4. The van der Waals surface area contributed by atoms with Crippen LogP contribution in [0.4, 0.5) is 0 Å². The Morgan fingerprint density at radius 2 is 1.83 bits per heavy atom. The molecule has 0 heterocycles. The first-order chi connectivity index (χ1) is 8.74. The fraction of sp³-hybridized carbons (Fsp3) is 0.438. The second kappa shape index (κ2) is 6.39. The van der Waals surface area contributed by atoms with Gasteiger partial charge in [-0.1, -0.05) is 56.4 Å². The first-order valence-corrected chi connectivity index (χ1v) is 6.74. The predicted octanol–water partition coefficient (Wildman–Crippen LogP) is 3.91. The Labute approximate surface area is 108 Å². The van der Waals surface area contributed by atoms with E-state index < -0.39 is 5.97 Å². The summed E-state index contributed by atoms with van der Waals surface area (Å²) in [6.07, 6.45) is 10.9. The minimum absolute atomic E-state index is 0.846. The van der Waals surface area contributed by atoms with Crippen LogP contribution in [0.5, 0.6) is 0 Å². The molecule has 96 valence electrons. The van der Waals surface area contributed by atoms with Crippen molar-refractivity contribution in [1.82, 2.24) is 0 Å². The lowest BCUT2D eigenvalue weighted by atomic mass is 9.85. The number of carboxylic acids is 1. The van der Waals surface area contributed by atoms with Gasteiger partial charge in [-0.05, 0) is 29.5 Å². The SMILES string of the molecule is O=C(O)C=Cc1ccc(CC2CCCCC2)cc1. The molecule has 0 saturated heterocycles. The molecule has 0 radical (unpaired) electrons. The second-order valence-electron chi connectivity index (χ2n) is 5.12. The van der Waals surface area contributed by atoms with E-state index in [1.54, 1.807) is 6.08 Å². The normalized spacial score (nSPS) is 17.1. The van der Waals surface area contributed by atoms with Crippen LogP contribution in [0.2, 0.25) is 0 Å². The van der Waals surface area contributed by atoms with E-state index in [4.69, 9.17) is 5.11 Å². The third-order valence-electron chi connectivity index (χ3n) is 3.65. The van der Waals surface area contributed by atoms with Crippen molar-refractivity contribution in [2.24, 2.45) is 5.92 Å². The number of rotatable bonds is 4. The zero-order chi connectivity index (χ0) is 12.8. The van der Waals surface area contributed by atoms with Crippen molar-refractivity contribution in [1.29, 1.82) is 0 Å². The summed E-state index contributed by atoms with van der Waals surface area (Å²) in [6.45, 7) is 0. The molecule has 1 saturated carbocycles. The standard InChI is InChI=1S/C16H20O2/c17-16(18)11-10-13-6-8-15(9-7-13)12-14-4-2-1-3-5-14/h6-11,14H,1-5,12H2,(H,17,18). The van der Waals surface area contributed by atoms with Gasteiger partial charge >= 0.3 is 5.97 Å². The van der Waals surface area contributed by atoms with Crippen LogP contribution in [0, 0.1) is 5.92 Å². The molecule has 1 aliphatic carbocycles. The lowest BCUT2D eigenvalue weighted by Gasteiger charge is -2.21. The Balaban J connectivity index is 1.92. The zero-order valence-electron chi connectivity index (χ0n) is 10.6. The van der Waals surface area contributed by atoms with E-state index in [2.05, 4.69) is 12.1 Å². The van der Waals surface area contributed by atoms with Crippen LogP contribution in [-0.4, -0.2) is 11.1 Å². The fourth-order valence-electron chi connectivity index (χ4n) is 2.66. The third kappa shape index (κ3) is 4.02. The molecule has 18 heavy (non-hydrogen) atoms. The van der Waals surface area contributed by atoms with E-state index in [0.717, 1.165) is 11.5 Å². The number of carboxylic acid groups (broad SMARTS) is 1. The highest BCUT2D eigenvalue weighted by Gasteiger charge is 2.13. The van der Waals surface area contributed by atoms with Crippen LogP contribution < -0.4 is 0 Å². The second-order valence-corrected chi connectivity index (χ2v) is 5.12. The Morgan fingerprint density at radius 3 is 2.44 bits per heavy atom. The maximum absolute atomic E-state index is 10.4. The molecule has 1 N–H and O–H groups in total. The summed E-state index contributed by atoms with van der Waals surface area (Å²) < 4.78 is 0. The summed E-state index contributed by atoms with van der Waals surface area (Å²) in [5, 5.41) is 8.56. The van der Waals surface area contributed by atoms with Crippen LogP contribution in [0.1, 0.15) is 43.2 Å². The Kier molecular flexibility index (Phi) is 4.57. The van der Waals surface area contributed by atoms with E-state index in [-0.39, 0.29) is 0 Å². The predicted molar refractivity (Wildman–Crippen MR) is 73.4 cm³/mol. The monoisotopic (exact) mass is 244 g/mol. The van der Waals surface area contributed by atoms with Crippen LogP contribution >= 0.6 is 0 Å². The highest BCUT2D eigenvalue weighted by atomic mass is 16.4.